The Hall–Kier alpha value is -2.54. The van der Waals surface area contributed by atoms with Gasteiger partial charge in [-0.05, 0) is 96.7 Å². The molecule has 7 heteroatoms. The lowest BCUT2D eigenvalue weighted by Gasteiger charge is -2.16. The number of anilines is 1. The van der Waals surface area contributed by atoms with Crippen LogP contribution in [0.1, 0.15) is 53.5 Å². The number of benzene rings is 1. The molecule has 0 bridgehead atoms. The number of fused-ring (bicyclic) bond motifs is 2. The van der Waals surface area contributed by atoms with Crippen LogP contribution in [0.2, 0.25) is 0 Å². The lowest BCUT2D eigenvalue weighted by Crippen LogP contribution is -2.38. The molecule has 0 spiro atoms. The van der Waals surface area contributed by atoms with Crippen molar-refractivity contribution in [1.29, 1.82) is 0 Å². The van der Waals surface area contributed by atoms with Crippen LogP contribution >= 0.6 is 0 Å². The van der Waals surface area contributed by atoms with Crippen molar-refractivity contribution in [3.8, 4) is 0 Å². The van der Waals surface area contributed by atoms with Crippen LogP contribution in [0, 0.1) is 5.92 Å². The van der Waals surface area contributed by atoms with Crippen molar-refractivity contribution < 1.29 is 13.2 Å². The maximum Gasteiger partial charge on any atom is 0.334 e. The van der Waals surface area contributed by atoms with E-state index in [0.29, 0.717) is 5.92 Å². The summed E-state index contributed by atoms with van der Waals surface area (Å²) < 4.78 is 28.6. The van der Waals surface area contributed by atoms with E-state index in [-0.39, 0.29) is 0 Å². The molecule has 2 aromatic rings. The fourth-order valence-corrected chi connectivity index (χ4v) is 5.52. The minimum Gasteiger partial charge on any atom is -0.307 e. The van der Waals surface area contributed by atoms with Gasteiger partial charge in [-0.3, -0.25) is 0 Å². The SMILES string of the molecule is C=C(c1ccn(S(=O)(=O)NC(=O)Nc2c3c(cc4c2CCC4)CCC3)c1)C1CC1. The Bertz CT molecular complexity index is 1090. The van der Waals surface area contributed by atoms with Gasteiger partial charge in [0.05, 0.1) is 0 Å². The third kappa shape index (κ3) is 3.37. The Balaban J connectivity index is 1.35. The summed E-state index contributed by atoms with van der Waals surface area (Å²) in [5, 5.41) is 2.87. The van der Waals surface area contributed by atoms with E-state index in [2.05, 4.69) is 22.7 Å². The number of amides is 2. The fraction of sp³-hybridized carbons (Fsp3) is 0.409. The summed E-state index contributed by atoms with van der Waals surface area (Å²) in [4.78, 5) is 12.6. The van der Waals surface area contributed by atoms with Crippen molar-refractivity contribution >= 4 is 27.5 Å². The van der Waals surface area contributed by atoms with Crippen molar-refractivity contribution in [3.63, 3.8) is 0 Å². The third-order valence-corrected chi connectivity index (χ3v) is 7.54. The summed E-state index contributed by atoms with van der Waals surface area (Å²) in [6.07, 6.45) is 11.2. The number of allylic oxidation sites excluding steroid dienone is 1. The van der Waals surface area contributed by atoms with Gasteiger partial charge in [-0.15, -0.1) is 0 Å². The van der Waals surface area contributed by atoms with Gasteiger partial charge in [0.15, 0.2) is 0 Å². The molecule has 1 aromatic heterocycles. The van der Waals surface area contributed by atoms with Crippen LogP contribution < -0.4 is 10.0 Å². The van der Waals surface area contributed by atoms with Crippen LogP contribution in [0.4, 0.5) is 10.5 Å². The first kappa shape index (κ1) is 18.5. The molecule has 3 aliphatic carbocycles. The molecule has 5 rings (SSSR count). The molecular formula is C22H25N3O3S. The van der Waals surface area contributed by atoms with Gasteiger partial charge < -0.3 is 5.32 Å². The Labute approximate surface area is 171 Å². The van der Waals surface area contributed by atoms with E-state index in [1.165, 1.54) is 34.6 Å². The smallest absolute Gasteiger partial charge is 0.307 e. The number of rotatable bonds is 5. The number of aryl methyl sites for hydroxylation is 2. The summed E-state index contributed by atoms with van der Waals surface area (Å²) in [5.74, 6) is 0.451. The highest BCUT2D eigenvalue weighted by Gasteiger charge is 2.28. The number of hydrogen-bond donors (Lipinski definition) is 2. The van der Waals surface area contributed by atoms with Crippen LogP contribution in [-0.4, -0.2) is 18.4 Å². The summed E-state index contributed by atoms with van der Waals surface area (Å²) in [6.45, 7) is 4.06. The predicted molar refractivity (Wildman–Crippen MR) is 113 cm³/mol. The number of hydrogen-bond acceptors (Lipinski definition) is 3. The second-order valence-electron chi connectivity index (χ2n) is 8.32. The Morgan fingerprint density at radius 2 is 1.72 bits per heavy atom. The number of aromatic nitrogens is 1. The second kappa shape index (κ2) is 6.76. The van der Waals surface area contributed by atoms with Crippen LogP contribution in [0.25, 0.3) is 5.57 Å². The van der Waals surface area contributed by atoms with E-state index < -0.39 is 16.2 Å². The molecule has 1 aromatic carbocycles. The number of nitrogens with one attached hydrogen (secondary N) is 2. The van der Waals surface area contributed by atoms with Crippen LogP contribution in [-0.2, 0) is 35.9 Å². The van der Waals surface area contributed by atoms with Gasteiger partial charge in [-0.25, -0.2) is 13.5 Å². The molecule has 0 aliphatic heterocycles. The molecule has 6 nitrogen and oxygen atoms in total. The molecule has 2 amide bonds. The van der Waals surface area contributed by atoms with Gasteiger partial charge >= 0.3 is 16.2 Å². The molecule has 0 saturated heterocycles. The fourth-order valence-electron chi connectivity index (χ4n) is 4.66. The first-order chi connectivity index (χ1) is 13.9. The lowest BCUT2D eigenvalue weighted by atomic mass is 9.99. The normalized spacial score (nSPS) is 17.7. The quantitative estimate of drug-likeness (QED) is 0.785. The van der Waals surface area contributed by atoms with Gasteiger partial charge in [-0.2, -0.15) is 8.42 Å². The molecule has 29 heavy (non-hydrogen) atoms. The molecule has 0 unspecified atom stereocenters. The largest absolute Gasteiger partial charge is 0.334 e. The predicted octanol–water partition coefficient (Wildman–Crippen LogP) is 3.80. The summed E-state index contributed by atoms with van der Waals surface area (Å²) in [5.41, 5.74) is 7.51. The monoisotopic (exact) mass is 411 g/mol. The number of urea groups is 1. The summed E-state index contributed by atoms with van der Waals surface area (Å²) in [7, 11) is -4.01. The van der Waals surface area contributed by atoms with Crippen molar-refractivity contribution in [3.05, 3.63) is 58.9 Å². The van der Waals surface area contributed by atoms with E-state index >= 15 is 0 Å². The molecule has 2 N–H and O–H groups in total. The lowest BCUT2D eigenvalue weighted by molar-refractivity contribution is 0.256. The molecule has 3 aliphatic rings. The van der Waals surface area contributed by atoms with Gasteiger partial charge in [-0.1, -0.05) is 12.6 Å². The zero-order valence-corrected chi connectivity index (χ0v) is 17.1. The number of carbonyl (C=O) groups is 1. The zero-order chi connectivity index (χ0) is 20.2. The van der Waals surface area contributed by atoms with E-state index in [0.717, 1.165) is 72.2 Å². The summed E-state index contributed by atoms with van der Waals surface area (Å²) >= 11 is 0. The van der Waals surface area contributed by atoms with Crippen LogP contribution in [0.5, 0.6) is 0 Å². The average molecular weight is 412 g/mol. The molecule has 1 heterocycles. The highest BCUT2D eigenvalue weighted by Crippen LogP contribution is 2.41. The van der Waals surface area contributed by atoms with Gasteiger partial charge in [0, 0.05) is 18.1 Å². The molecule has 1 saturated carbocycles. The third-order valence-electron chi connectivity index (χ3n) is 6.32. The standard InChI is InChI=1S/C22H25N3O3S/c1-14(15-8-9-15)18-10-11-25(13-18)29(27,28)24-22(26)23-21-19-6-2-4-16(19)12-17-5-3-7-20(17)21/h10-13,15H,1-9H2,(H2,23,24,26). The highest BCUT2D eigenvalue weighted by molar-refractivity contribution is 7.88. The van der Waals surface area contributed by atoms with Gasteiger partial charge in [0.25, 0.3) is 0 Å². The molecular weight excluding hydrogens is 386 g/mol. The number of nitrogens with zero attached hydrogens (tertiary/aromatic N) is 1. The first-order valence-electron chi connectivity index (χ1n) is 10.3. The van der Waals surface area contributed by atoms with E-state index in [1.54, 1.807) is 6.07 Å². The minimum atomic E-state index is -4.01. The molecule has 1 fully saturated rings. The highest BCUT2D eigenvalue weighted by atomic mass is 32.2. The molecule has 0 radical (unpaired) electrons. The van der Waals surface area contributed by atoms with E-state index in [4.69, 9.17) is 0 Å². The minimum absolute atomic E-state index is 0.451. The maximum atomic E-state index is 12.7. The first-order valence-corrected chi connectivity index (χ1v) is 11.7. The summed E-state index contributed by atoms with van der Waals surface area (Å²) in [6, 6.07) is 3.29. The van der Waals surface area contributed by atoms with Crippen molar-refractivity contribution in [2.24, 2.45) is 5.92 Å². The van der Waals surface area contributed by atoms with E-state index in [1.807, 2.05) is 0 Å². The van der Waals surface area contributed by atoms with Gasteiger partial charge in [0.1, 0.15) is 0 Å². The van der Waals surface area contributed by atoms with Crippen molar-refractivity contribution in [2.75, 3.05) is 5.32 Å². The topological polar surface area (TPSA) is 80.2 Å². The average Bonchev–Trinajstić information content (AvgIpc) is 3.09. The Morgan fingerprint density at radius 1 is 1.07 bits per heavy atom. The van der Waals surface area contributed by atoms with Crippen molar-refractivity contribution in [2.45, 2.75) is 51.4 Å². The Kier molecular flexibility index (Phi) is 4.31. The maximum absolute atomic E-state index is 12.7. The molecule has 0 atom stereocenters. The van der Waals surface area contributed by atoms with Crippen LogP contribution in [0.15, 0.2) is 31.1 Å². The number of carbonyl (C=O) groups excluding carboxylic acids is 1. The van der Waals surface area contributed by atoms with Crippen LogP contribution in [0.3, 0.4) is 0 Å². The molecule has 152 valence electrons. The zero-order valence-electron chi connectivity index (χ0n) is 16.3. The van der Waals surface area contributed by atoms with Gasteiger partial charge in [0.2, 0.25) is 0 Å². The van der Waals surface area contributed by atoms with Crippen molar-refractivity contribution in [1.82, 2.24) is 8.69 Å². The van der Waals surface area contributed by atoms with E-state index in [9.17, 15) is 13.2 Å². The Morgan fingerprint density at radius 3 is 2.34 bits per heavy atom. The second-order valence-corrected chi connectivity index (χ2v) is 9.90.